The van der Waals surface area contributed by atoms with Crippen molar-refractivity contribution in [2.75, 3.05) is 0 Å². The minimum Gasteiger partial charge on any atom is -0.308 e. The number of hydrogen-bond donors (Lipinski definition) is 0. The first-order chi connectivity index (χ1) is 25.6. The van der Waals surface area contributed by atoms with Crippen molar-refractivity contribution >= 4 is 43.6 Å². The molecule has 0 saturated heterocycles. The molecule has 0 unspecified atom stereocenters. The Morgan fingerprint density at radius 1 is 0.462 bits per heavy atom. The smallest absolute Gasteiger partial charge is 0.125 e. The Kier molecular flexibility index (Phi) is 7.58. The highest BCUT2D eigenvalue weighted by atomic mass is 19.1. The first-order valence-electron chi connectivity index (χ1n) is 18.7. The number of hydrogen-bond acceptors (Lipinski definition) is 4. The van der Waals surface area contributed by atoms with E-state index in [9.17, 15) is 0 Å². The lowest BCUT2D eigenvalue weighted by atomic mass is 9.86. The van der Waals surface area contributed by atoms with Gasteiger partial charge < -0.3 is 9.13 Å². The zero-order chi connectivity index (χ0) is 34.8. The number of aromatic nitrogens is 6. The van der Waals surface area contributed by atoms with E-state index in [1.165, 1.54) is 50.7 Å². The maximum absolute atomic E-state index is 15.6. The summed E-state index contributed by atoms with van der Waals surface area (Å²) >= 11 is 0. The second-order valence-corrected chi connectivity index (χ2v) is 14.7. The van der Waals surface area contributed by atoms with Crippen molar-refractivity contribution in [2.45, 2.75) is 76.0 Å². The van der Waals surface area contributed by atoms with Gasteiger partial charge >= 0.3 is 0 Å². The standard InChI is InChI=1S/C44H38F2N6/c45-29-11-13-31(41(19-29)51-39-15-17-47-23-33(39)35-25-49-37(21-43(35)51)27-7-3-1-4-8-27)32-14-12-30(46)20-42(32)52-40-16-18-48-24-34(40)36-26-50-38(22-44(36)52)28-9-5-2-6-10-28/h11-28H,1-10H2. The van der Waals surface area contributed by atoms with Crippen LogP contribution < -0.4 is 0 Å². The fourth-order valence-corrected chi connectivity index (χ4v) is 9.14. The predicted octanol–water partition coefficient (Wildman–Crippen LogP) is 11.5. The van der Waals surface area contributed by atoms with Crippen LogP contribution in [0.1, 0.15) is 87.4 Å². The lowest BCUT2D eigenvalue weighted by molar-refractivity contribution is 0.437. The van der Waals surface area contributed by atoms with Gasteiger partial charge in [0.25, 0.3) is 0 Å². The number of pyridine rings is 4. The average molecular weight is 689 g/mol. The van der Waals surface area contributed by atoms with Crippen LogP contribution in [0.4, 0.5) is 8.78 Å². The molecule has 2 aliphatic rings. The van der Waals surface area contributed by atoms with Crippen molar-refractivity contribution < 1.29 is 8.78 Å². The molecule has 10 rings (SSSR count). The van der Waals surface area contributed by atoms with Gasteiger partial charge in [0.2, 0.25) is 0 Å². The van der Waals surface area contributed by atoms with Gasteiger partial charge in [0.15, 0.2) is 0 Å². The summed E-state index contributed by atoms with van der Waals surface area (Å²) in [7, 11) is 0. The molecule has 2 fully saturated rings. The van der Waals surface area contributed by atoms with Crippen molar-refractivity contribution in [3.05, 3.63) is 121 Å². The van der Waals surface area contributed by atoms with E-state index in [-0.39, 0.29) is 11.6 Å². The first-order valence-corrected chi connectivity index (χ1v) is 18.7. The van der Waals surface area contributed by atoms with E-state index >= 15 is 8.78 Å². The Bertz CT molecular complexity index is 2460. The van der Waals surface area contributed by atoms with E-state index in [0.717, 1.165) is 91.8 Å². The molecule has 2 saturated carbocycles. The highest BCUT2D eigenvalue weighted by Gasteiger charge is 2.25. The second kappa shape index (κ2) is 12.6. The van der Waals surface area contributed by atoms with Crippen LogP contribution >= 0.6 is 0 Å². The Balaban J connectivity index is 1.24. The first kappa shape index (κ1) is 31.3. The Labute approximate surface area is 300 Å². The fraction of sp³-hybridized carbons (Fsp3) is 0.273. The van der Waals surface area contributed by atoms with Crippen molar-refractivity contribution in [3.8, 4) is 22.5 Å². The van der Waals surface area contributed by atoms with Crippen molar-refractivity contribution in [2.24, 2.45) is 0 Å². The molecule has 6 heterocycles. The molecule has 0 spiro atoms. The summed E-state index contributed by atoms with van der Waals surface area (Å²) in [6.45, 7) is 0. The van der Waals surface area contributed by atoms with Gasteiger partial charge in [-0.05, 0) is 86.3 Å². The molecule has 0 amide bonds. The SMILES string of the molecule is Fc1ccc(-c2ccc(F)cc2-n2c3ccncc3c3cnc(C4CCCCC4)cc32)c(-n2c3ccncc3c3cnc(C4CCCCC4)cc32)c1. The predicted molar refractivity (Wildman–Crippen MR) is 203 cm³/mol. The number of rotatable bonds is 5. The van der Waals surface area contributed by atoms with E-state index in [1.807, 2.05) is 49.1 Å². The molecule has 0 N–H and O–H groups in total. The fourth-order valence-electron chi connectivity index (χ4n) is 9.14. The molecule has 0 aliphatic heterocycles. The van der Waals surface area contributed by atoms with Gasteiger partial charge in [0.05, 0.1) is 33.4 Å². The minimum absolute atomic E-state index is 0.348. The summed E-state index contributed by atoms with van der Waals surface area (Å²) in [5, 5.41) is 3.84. The highest BCUT2D eigenvalue weighted by molar-refractivity contribution is 6.10. The molecule has 8 aromatic rings. The van der Waals surface area contributed by atoms with Crippen LogP contribution in [-0.4, -0.2) is 29.1 Å². The quantitative estimate of drug-likeness (QED) is 0.181. The van der Waals surface area contributed by atoms with Gasteiger partial charge in [-0.15, -0.1) is 0 Å². The number of halogens is 2. The Morgan fingerprint density at radius 2 is 0.885 bits per heavy atom. The monoisotopic (exact) mass is 688 g/mol. The van der Waals surface area contributed by atoms with Crippen molar-refractivity contribution in [1.29, 1.82) is 0 Å². The van der Waals surface area contributed by atoms with Crippen LogP contribution in [0, 0.1) is 11.6 Å². The molecule has 258 valence electrons. The molecule has 2 aliphatic carbocycles. The number of benzene rings is 2. The lowest BCUT2D eigenvalue weighted by Crippen LogP contribution is -2.07. The third kappa shape index (κ3) is 5.10. The van der Waals surface area contributed by atoms with Gasteiger partial charge in [-0.3, -0.25) is 19.9 Å². The number of nitrogens with zero attached hydrogens (tertiary/aromatic N) is 6. The highest BCUT2D eigenvalue weighted by Crippen LogP contribution is 2.43. The Hall–Kier alpha value is -5.50. The molecule has 8 heteroatoms. The Morgan fingerprint density at radius 3 is 1.33 bits per heavy atom. The third-order valence-electron chi connectivity index (χ3n) is 11.7. The summed E-state index contributed by atoms with van der Waals surface area (Å²) in [4.78, 5) is 18.9. The minimum atomic E-state index is -0.348. The molecule has 0 bridgehead atoms. The van der Waals surface area contributed by atoms with Gasteiger partial charge in [-0.2, -0.15) is 0 Å². The lowest BCUT2D eigenvalue weighted by Gasteiger charge is -2.22. The van der Waals surface area contributed by atoms with Crippen molar-refractivity contribution in [3.63, 3.8) is 0 Å². The summed E-state index contributed by atoms with van der Waals surface area (Å²) in [6.07, 6.45) is 23.0. The molecule has 0 atom stereocenters. The molecule has 2 aromatic carbocycles. The van der Waals surface area contributed by atoms with E-state index in [0.29, 0.717) is 23.2 Å². The van der Waals surface area contributed by atoms with Gasteiger partial charge in [0.1, 0.15) is 11.6 Å². The second-order valence-electron chi connectivity index (χ2n) is 14.7. The average Bonchev–Trinajstić information content (AvgIpc) is 3.70. The van der Waals surface area contributed by atoms with Crippen LogP contribution in [0.25, 0.3) is 66.1 Å². The van der Waals surface area contributed by atoms with E-state index in [1.54, 1.807) is 24.5 Å². The molecule has 52 heavy (non-hydrogen) atoms. The van der Waals surface area contributed by atoms with Crippen LogP contribution in [0.15, 0.2) is 97.8 Å². The van der Waals surface area contributed by atoms with Crippen molar-refractivity contribution in [1.82, 2.24) is 29.1 Å². The molecule has 0 radical (unpaired) electrons. The van der Waals surface area contributed by atoms with E-state index < -0.39 is 0 Å². The molecule has 6 aromatic heterocycles. The van der Waals surface area contributed by atoms with Gasteiger partial charge in [-0.1, -0.05) is 38.5 Å². The largest absolute Gasteiger partial charge is 0.308 e. The van der Waals surface area contributed by atoms with Crippen LogP contribution in [-0.2, 0) is 0 Å². The van der Waals surface area contributed by atoms with E-state index in [2.05, 4.69) is 31.2 Å². The zero-order valence-electron chi connectivity index (χ0n) is 28.9. The summed E-state index contributed by atoms with van der Waals surface area (Å²) in [6, 6.07) is 18.2. The number of fused-ring (bicyclic) bond motifs is 6. The normalized spacial score (nSPS) is 16.1. The third-order valence-corrected chi connectivity index (χ3v) is 11.7. The maximum Gasteiger partial charge on any atom is 0.125 e. The molecule has 6 nitrogen and oxygen atoms in total. The van der Waals surface area contributed by atoms with Crippen LogP contribution in [0.5, 0.6) is 0 Å². The zero-order valence-corrected chi connectivity index (χ0v) is 28.9. The summed E-state index contributed by atoms with van der Waals surface area (Å²) < 4.78 is 35.5. The summed E-state index contributed by atoms with van der Waals surface area (Å²) in [5.74, 6) is 0.103. The van der Waals surface area contributed by atoms with Crippen LogP contribution in [0.2, 0.25) is 0 Å². The van der Waals surface area contributed by atoms with E-state index in [4.69, 9.17) is 9.97 Å². The van der Waals surface area contributed by atoms with Gasteiger partial charge in [0, 0.05) is 93.1 Å². The van der Waals surface area contributed by atoms with Gasteiger partial charge in [-0.25, -0.2) is 8.78 Å². The summed E-state index contributed by atoms with van der Waals surface area (Å²) in [5.41, 5.74) is 8.81. The maximum atomic E-state index is 15.6. The van der Waals surface area contributed by atoms with Crippen LogP contribution in [0.3, 0.4) is 0 Å². The topological polar surface area (TPSA) is 61.4 Å². The molecular formula is C44H38F2N6. The molecular weight excluding hydrogens is 651 g/mol.